The van der Waals surface area contributed by atoms with Crippen molar-refractivity contribution in [1.82, 2.24) is 4.98 Å². The maximum absolute atomic E-state index is 5.62. The minimum Gasteiger partial charge on any atom is -0.397 e. The Balaban J connectivity index is 3.43. The quantitative estimate of drug-likeness (QED) is 0.658. The summed E-state index contributed by atoms with van der Waals surface area (Å²) in [6.45, 7) is 4.08. The van der Waals surface area contributed by atoms with Gasteiger partial charge < -0.3 is 5.73 Å². The molecule has 2 nitrogen and oxygen atoms in total. The van der Waals surface area contributed by atoms with E-state index in [1.54, 1.807) is 6.20 Å². The molecule has 1 aromatic rings. The third-order valence-electron chi connectivity index (χ3n) is 1.67. The molecule has 1 rings (SSSR count). The molecule has 1 aromatic heterocycles. The highest BCUT2D eigenvalue weighted by molar-refractivity contribution is 5.39. The number of pyridine rings is 1. The van der Waals surface area contributed by atoms with Crippen molar-refractivity contribution in [3.8, 4) is 0 Å². The summed E-state index contributed by atoms with van der Waals surface area (Å²) in [6, 6.07) is 1.95. The molecule has 12 heavy (non-hydrogen) atoms. The minimum absolute atomic E-state index is 0.723. The molecule has 0 aliphatic carbocycles. The van der Waals surface area contributed by atoms with Gasteiger partial charge in [-0.2, -0.15) is 0 Å². The van der Waals surface area contributed by atoms with Crippen LogP contribution in [0.4, 0.5) is 5.69 Å². The van der Waals surface area contributed by atoms with Crippen LogP contribution in [0.2, 0.25) is 0 Å². The van der Waals surface area contributed by atoms with E-state index in [0.29, 0.717) is 0 Å². The molecular formula is C10H14N2. The van der Waals surface area contributed by atoms with Crippen molar-refractivity contribution in [2.24, 2.45) is 0 Å². The van der Waals surface area contributed by atoms with Crippen LogP contribution in [0.15, 0.2) is 12.3 Å². The molecule has 1 heterocycles. The molecule has 2 heteroatoms. The summed E-state index contributed by atoms with van der Waals surface area (Å²) >= 11 is 0. The fourth-order valence-electron chi connectivity index (χ4n) is 1.13. The van der Waals surface area contributed by atoms with Crippen molar-refractivity contribution >= 4 is 17.8 Å². The molecule has 0 amide bonds. The first-order chi connectivity index (χ1) is 5.77. The fraction of sp³-hybridized carbons (Fsp3) is 0.300. The van der Waals surface area contributed by atoms with Crippen molar-refractivity contribution in [3.05, 3.63) is 22.8 Å². The fourth-order valence-corrected chi connectivity index (χ4v) is 1.13. The maximum atomic E-state index is 5.62. The van der Waals surface area contributed by atoms with Crippen LogP contribution in [0.5, 0.6) is 0 Å². The van der Waals surface area contributed by atoms with E-state index in [1.807, 2.05) is 19.1 Å². The van der Waals surface area contributed by atoms with E-state index >= 15 is 0 Å². The summed E-state index contributed by atoms with van der Waals surface area (Å²) in [5.41, 5.74) is 6.34. The standard InChI is InChI=1S/C10H14N2/c1-3-5-8-6-9(11)7-12-10(8)4-2/h4-7H,3,11H2,1-2H3/b8-5-,10-4+. The van der Waals surface area contributed by atoms with Gasteiger partial charge in [0, 0.05) is 0 Å². The molecule has 64 valence electrons. The molecule has 0 radical (unpaired) electrons. The first-order valence-electron chi connectivity index (χ1n) is 4.16. The number of aromatic nitrogens is 1. The molecule has 0 saturated heterocycles. The second-order valence-electron chi connectivity index (χ2n) is 2.64. The van der Waals surface area contributed by atoms with Crippen LogP contribution >= 0.6 is 0 Å². The number of nitrogen functional groups attached to an aromatic ring is 1. The van der Waals surface area contributed by atoms with Crippen LogP contribution in [0.1, 0.15) is 20.3 Å². The summed E-state index contributed by atoms with van der Waals surface area (Å²) in [5, 5.41) is 2.13. The van der Waals surface area contributed by atoms with Gasteiger partial charge in [-0.1, -0.05) is 19.1 Å². The first kappa shape index (κ1) is 8.78. The Morgan fingerprint density at radius 1 is 1.58 bits per heavy atom. The smallest absolute Gasteiger partial charge is 0.0657 e. The molecule has 0 aromatic carbocycles. The van der Waals surface area contributed by atoms with Gasteiger partial charge in [0.25, 0.3) is 0 Å². The zero-order valence-electron chi connectivity index (χ0n) is 7.54. The Bertz CT molecular complexity index is 366. The number of nitrogens with zero attached hydrogens (tertiary/aromatic N) is 1. The van der Waals surface area contributed by atoms with E-state index in [2.05, 4.69) is 18.0 Å². The lowest BCUT2D eigenvalue weighted by atomic mass is 10.2. The largest absolute Gasteiger partial charge is 0.397 e. The maximum Gasteiger partial charge on any atom is 0.0657 e. The molecule has 0 atom stereocenters. The van der Waals surface area contributed by atoms with Gasteiger partial charge in [-0.15, -0.1) is 0 Å². The Hall–Kier alpha value is -1.31. The van der Waals surface area contributed by atoms with Crippen molar-refractivity contribution < 1.29 is 0 Å². The highest BCUT2D eigenvalue weighted by Crippen LogP contribution is 1.87. The number of nitrogens with two attached hydrogens (primary N) is 1. The lowest BCUT2D eigenvalue weighted by molar-refractivity contribution is 1.20. The lowest BCUT2D eigenvalue weighted by Gasteiger charge is -1.92. The SMILES string of the molecule is C/C=c1/ncc(N)c/c1=C/CC. The van der Waals surface area contributed by atoms with Gasteiger partial charge in [-0.3, -0.25) is 4.98 Å². The van der Waals surface area contributed by atoms with Gasteiger partial charge in [-0.25, -0.2) is 0 Å². The molecule has 0 aliphatic rings. The molecule has 0 unspecified atom stereocenters. The first-order valence-corrected chi connectivity index (χ1v) is 4.16. The third kappa shape index (κ3) is 1.84. The van der Waals surface area contributed by atoms with Crippen LogP contribution in [0, 0.1) is 0 Å². The molecule has 0 fully saturated rings. The highest BCUT2D eigenvalue weighted by atomic mass is 14.7. The predicted octanol–water partition coefficient (Wildman–Crippen LogP) is 0.655. The van der Waals surface area contributed by atoms with E-state index in [9.17, 15) is 0 Å². The van der Waals surface area contributed by atoms with E-state index < -0.39 is 0 Å². The Morgan fingerprint density at radius 3 is 2.92 bits per heavy atom. The number of hydrogen-bond acceptors (Lipinski definition) is 2. The Labute approximate surface area is 72.4 Å². The van der Waals surface area contributed by atoms with E-state index in [-0.39, 0.29) is 0 Å². The summed E-state index contributed by atoms with van der Waals surface area (Å²) in [4.78, 5) is 4.20. The Morgan fingerprint density at radius 2 is 2.33 bits per heavy atom. The topological polar surface area (TPSA) is 38.9 Å². The van der Waals surface area contributed by atoms with Crippen molar-refractivity contribution in [3.63, 3.8) is 0 Å². The van der Waals surface area contributed by atoms with Crippen LogP contribution in [0.25, 0.3) is 12.2 Å². The molecule has 0 saturated carbocycles. The van der Waals surface area contributed by atoms with Gasteiger partial charge >= 0.3 is 0 Å². The Kier molecular flexibility index (Phi) is 2.86. The number of rotatable bonds is 1. The molecular weight excluding hydrogens is 148 g/mol. The zero-order chi connectivity index (χ0) is 8.97. The summed E-state index contributed by atoms with van der Waals surface area (Å²) in [7, 11) is 0. The van der Waals surface area contributed by atoms with Gasteiger partial charge in [0.05, 0.1) is 17.2 Å². The van der Waals surface area contributed by atoms with Crippen molar-refractivity contribution in [2.45, 2.75) is 20.3 Å². The zero-order valence-corrected chi connectivity index (χ0v) is 7.54. The normalized spacial score (nSPS) is 13.8. The second kappa shape index (κ2) is 3.90. The highest BCUT2D eigenvalue weighted by Gasteiger charge is 1.86. The molecule has 2 N–H and O–H groups in total. The average Bonchev–Trinajstić information content (AvgIpc) is 2.05. The van der Waals surface area contributed by atoms with Crippen LogP contribution in [-0.4, -0.2) is 4.98 Å². The van der Waals surface area contributed by atoms with Crippen LogP contribution in [-0.2, 0) is 0 Å². The van der Waals surface area contributed by atoms with E-state index in [0.717, 1.165) is 22.7 Å². The lowest BCUT2D eigenvalue weighted by Crippen LogP contribution is -2.27. The van der Waals surface area contributed by atoms with Crippen molar-refractivity contribution in [1.29, 1.82) is 0 Å². The molecule has 0 spiro atoms. The van der Waals surface area contributed by atoms with Crippen LogP contribution in [0.3, 0.4) is 0 Å². The van der Waals surface area contributed by atoms with E-state index in [4.69, 9.17) is 5.73 Å². The molecule has 0 aliphatic heterocycles. The van der Waals surface area contributed by atoms with Gasteiger partial charge in [0.2, 0.25) is 0 Å². The van der Waals surface area contributed by atoms with Gasteiger partial charge in [0.15, 0.2) is 0 Å². The minimum atomic E-state index is 0.723. The molecule has 0 bridgehead atoms. The number of anilines is 1. The summed E-state index contributed by atoms with van der Waals surface area (Å²) < 4.78 is 0. The van der Waals surface area contributed by atoms with E-state index in [1.165, 1.54) is 0 Å². The van der Waals surface area contributed by atoms with Crippen LogP contribution < -0.4 is 16.3 Å². The summed E-state index contributed by atoms with van der Waals surface area (Å²) in [5.74, 6) is 0. The number of hydrogen-bond donors (Lipinski definition) is 1. The third-order valence-corrected chi connectivity index (χ3v) is 1.67. The second-order valence-corrected chi connectivity index (χ2v) is 2.64. The average molecular weight is 162 g/mol. The van der Waals surface area contributed by atoms with Gasteiger partial charge in [-0.05, 0) is 24.6 Å². The van der Waals surface area contributed by atoms with Gasteiger partial charge in [0.1, 0.15) is 0 Å². The summed E-state index contributed by atoms with van der Waals surface area (Å²) in [6.07, 6.45) is 6.80. The monoisotopic (exact) mass is 162 g/mol. The predicted molar refractivity (Wildman–Crippen MR) is 52.8 cm³/mol. The van der Waals surface area contributed by atoms with Crippen molar-refractivity contribution in [2.75, 3.05) is 5.73 Å².